The van der Waals surface area contributed by atoms with Gasteiger partial charge in [-0.1, -0.05) is 18.2 Å². The van der Waals surface area contributed by atoms with Gasteiger partial charge in [0, 0.05) is 31.0 Å². The highest BCUT2D eigenvalue weighted by Gasteiger charge is 2.41. The van der Waals surface area contributed by atoms with Crippen LogP contribution in [0.25, 0.3) is 10.9 Å². The van der Waals surface area contributed by atoms with Gasteiger partial charge in [-0.05, 0) is 32.0 Å². The van der Waals surface area contributed by atoms with Gasteiger partial charge in [0.25, 0.3) is 5.91 Å². The van der Waals surface area contributed by atoms with E-state index in [0.717, 1.165) is 24.0 Å². The summed E-state index contributed by atoms with van der Waals surface area (Å²) in [5.74, 6) is -0.371. The zero-order valence-electron chi connectivity index (χ0n) is 13.5. The number of amides is 2. The molecule has 122 valence electrons. The lowest BCUT2D eigenvalue weighted by molar-refractivity contribution is -0.128. The number of carbonyl (C=O) groups excluding carboxylic acids is 2. The van der Waals surface area contributed by atoms with E-state index in [4.69, 9.17) is 0 Å². The molecule has 3 rings (SSSR count). The van der Waals surface area contributed by atoms with E-state index in [1.807, 2.05) is 37.4 Å². The molecule has 2 amide bonds. The summed E-state index contributed by atoms with van der Waals surface area (Å²) in [4.78, 5) is 30.3. The summed E-state index contributed by atoms with van der Waals surface area (Å²) in [5, 5.41) is 6.64. The van der Waals surface area contributed by atoms with Crippen molar-refractivity contribution in [3.8, 4) is 0 Å². The van der Waals surface area contributed by atoms with Gasteiger partial charge >= 0.3 is 0 Å². The van der Waals surface area contributed by atoms with Crippen molar-refractivity contribution in [3.05, 3.63) is 36.0 Å². The largest absolute Gasteiger partial charge is 0.357 e. The number of likely N-dealkylation sites (N-methyl/N-ethyl adjacent to an activating group) is 1. The predicted octanol–water partition coefficient (Wildman–Crippen LogP) is 1.11. The van der Waals surface area contributed by atoms with Gasteiger partial charge in [0.15, 0.2) is 0 Å². The molecule has 2 aromatic rings. The zero-order valence-corrected chi connectivity index (χ0v) is 13.5. The lowest BCUT2D eigenvalue weighted by Gasteiger charge is -2.39. The van der Waals surface area contributed by atoms with Crippen molar-refractivity contribution in [2.75, 3.05) is 27.2 Å². The van der Waals surface area contributed by atoms with Crippen LogP contribution < -0.4 is 10.6 Å². The second-order valence-electron chi connectivity index (χ2n) is 6.19. The number of benzene rings is 1. The number of likely N-dealkylation sites (tertiary alicyclic amines) is 1. The molecule has 1 saturated heterocycles. The van der Waals surface area contributed by atoms with E-state index in [1.54, 1.807) is 7.05 Å². The minimum absolute atomic E-state index is 0.130. The molecular formula is C17H22N4O2. The average Bonchev–Trinajstić information content (AvgIpc) is 3.00. The van der Waals surface area contributed by atoms with Gasteiger partial charge in [0.05, 0.1) is 0 Å². The number of hydrogen-bond acceptors (Lipinski definition) is 3. The van der Waals surface area contributed by atoms with E-state index in [2.05, 4.69) is 20.5 Å². The lowest BCUT2D eigenvalue weighted by atomic mass is 9.86. The fourth-order valence-electron chi connectivity index (χ4n) is 3.13. The number of nitrogens with one attached hydrogen (secondary N) is 3. The molecule has 0 radical (unpaired) electrons. The third-order valence-electron chi connectivity index (χ3n) is 4.63. The quantitative estimate of drug-likeness (QED) is 0.794. The standard InChI is InChI=1S/C17H22N4O2/c1-18-16(23)17(7-9-21(2)10-8-17)20-15(22)14-11-12-5-3-4-6-13(12)19-14/h3-6,11,19H,7-10H2,1-2H3,(H,18,23)(H,20,22). The highest BCUT2D eigenvalue weighted by molar-refractivity contribution is 6.01. The van der Waals surface area contributed by atoms with Crippen LogP contribution in [-0.4, -0.2) is 54.4 Å². The first-order valence-corrected chi connectivity index (χ1v) is 7.85. The first-order chi connectivity index (χ1) is 11.0. The second-order valence-corrected chi connectivity index (χ2v) is 6.19. The van der Waals surface area contributed by atoms with Crippen molar-refractivity contribution in [2.45, 2.75) is 18.4 Å². The number of fused-ring (bicyclic) bond motifs is 1. The molecule has 1 aliphatic rings. The Morgan fingerprint density at radius 1 is 1.22 bits per heavy atom. The SMILES string of the molecule is CNC(=O)C1(NC(=O)c2cc3ccccc3[nH]2)CCN(C)CC1. The Bertz CT molecular complexity index is 696. The van der Waals surface area contributed by atoms with Crippen molar-refractivity contribution < 1.29 is 9.59 Å². The van der Waals surface area contributed by atoms with Gasteiger partial charge in [-0.3, -0.25) is 9.59 Å². The summed E-state index contributed by atoms with van der Waals surface area (Å²) in [5.41, 5.74) is 0.554. The maximum atomic E-state index is 12.7. The highest BCUT2D eigenvalue weighted by atomic mass is 16.2. The monoisotopic (exact) mass is 314 g/mol. The second kappa shape index (κ2) is 6.04. The minimum atomic E-state index is -0.838. The Morgan fingerprint density at radius 3 is 2.57 bits per heavy atom. The minimum Gasteiger partial charge on any atom is -0.357 e. The molecule has 6 nitrogen and oxygen atoms in total. The molecular weight excluding hydrogens is 292 g/mol. The predicted molar refractivity (Wildman–Crippen MR) is 89.3 cm³/mol. The van der Waals surface area contributed by atoms with Crippen LogP contribution in [0.3, 0.4) is 0 Å². The molecule has 1 aliphatic heterocycles. The Morgan fingerprint density at radius 2 is 1.91 bits per heavy atom. The van der Waals surface area contributed by atoms with Crippen molar-refractivity contribution >= 4 is 22.7 Å². The molecule has 0 atom stereocenters. The molecule has 3 N–H and O–H groups in total. The maximum absolute atomic E-state index is 12.7. The molecule has 6 heteroatoms. The van der Waals surface area contributed by atoms with Gasteiger partial charge in [-0.15, -0.1) is 0 Å². The molecule has 2 heterocycles. The molecule has 1 aromatic carbocycles. The zero-order chi connectivity index (χ0) is 16.4. The van der Waals surface area contributed by atoms with Gasteiger partial charge < -0.3 is 20.5 Å². The summed E-state index contributed by atoms with van der Waals surface area (Å²) in [7, 11) is 3.63. The van der Waals surface area contributed by atoms with Crippen LogP contribution in [0.5, 0.6) is 0 Å². The number of aromatic amines is 1. The fourth-order valence-corrected chi connectivity index (χ4v) is 3.13. The molecule has 0 aliphatic carbocycles. The van der Waals surface area contributed by atoms with E-state index >= 15 is 0 Å². The van der Waals surface area contributed by atoms with Crippen LogP contribution in [0.15, 0.2) is 30.3 Å². The number of H-pyrrole nitrogens is 1. The molecule has 1 fully saturated rings. The van der Waals surface area contributed by atoms with Crippen molar-refractivity contribution in [1.82, 2.24) is 20.5 Å². The van der Waals surface area contributed by atoms with Gasteiger partial charge in [0.2, 0.25) is 5.91 Å². The number of aromatic nitrogens is 1. The first-order valence-electron chi connectivity index (χ1n) is 7.85. The highest BCUT2D eigenvalue weighted by Crippen LogP contribution is 2.23. The average molecular weight is 314 g/mol. The smallest absolute Gasteiger partial charge is 0.268 e. The van der Waals surface area contributed by atoms with Gasteiger partial charge in [0.1, 0.15) is 11.2 Å². The van der Waals surface area contributed by atoms with E-state index in [1.165, 1.54) is 0 Å². The first kappa shape index (κ1) is 15.6. The van der Waals surface area contributed by atoms with Gasteiger partial charge in [-0.2, -0.15) is 0 Å². The van der Waals surface area contributed by atoms with Crippen LogP contribution in [0, 0.1) is 0 Å². The third kappa shape index (κ3) is 2.94. The normalized spacial score (nSPS) is 17.8. The fraction of sp³-hybridized carbons (Fsp3) is 0.412. The number of piperidine rings is 1. The van der Waals surface area contributed by atoms with E-state index in [0.29, 0.717) is 18.5 Å². The van der Waals surface area contributed by atoms with Crippen LogP contribution >= 0.6 is 0 Å². The molecule has 0 unspecified atom stereocenters. The number of para-hydroxylation sites is 1. The Balaban J connectivity index is 1.84. The van der Waals surface area contributed by atoms with Crippen molar-refractivity contribution in [2.24, 2.45) is 0 Å². The van der Waals surface area contributed by atoms with Crippen LogP contribution in [0.4, 0.5) is 0 Å². The molecule has 1 aromatic heterocycles. The number of carbonyl (C=O) groups is 2. The van der Waals surface area contributed by atoms with E-state index in [-0.39, 0.29) is 11.8 Å². The number of nitrogens with zero attached hydrogens (tertiary/aromatic N) is 1. The molecule has 0 spiro atoms. The van der Waals surface area contributed by atoms with Crippen molar-refractivity contribution in [3.63, 3.8) is 0 Å². The van der Waals surface area contributed by atoms with E-state index in [9.17, 15) is 9.59 Å². The van der Waals surface area contributed by atoms with Crippen LogP contribution in [0.2, 0.25) is 0 Å². The molecule has 0 saturated carbocycles. The summed E-state index contributed by atoms with van der Waals surface area (Å²) in [6.07, 6.45) is 1.21. The summed E-state index contributed by atoms with van der Waals surface area (Å²) in [6.45, 7) is 1.56. The molecule has 23 heavy (non-hydrogen) atoms. The maximum Gasteiger partial charge on any atom is 0.268 e. The molecule has 0 bridgehead atoms. The van der Waals surface area contributed by atoms with Crippen molar-refractivity contribution in [1.29, 1.82) is 0 Å². The summed E-state index contributed by atoms with van der Waals surface area (Å²) in [6, 6.07) is 9.55. The summed E-state index contributed by atoms with van der Waals surface area (Å²) < 4.78 is 0. The van der Waals surface area contributed by atoms with E-state index < -0.39 is 5.54 Å². The Kier molecular flexibility index (Phi) is 4.09. The number of hydrogen-bond donors (Lipinski definition) is 3. The van der Waals surface area contributed by atoms with Gasteiger partial charge in [-0.25, -0.2) is 0 Å². The Hall–Kier alpha value is -2.34. The van der Waals surface area contributed by atoms with Crippen LogP contribution in [-0.2, 0) is 4.79 Å². The Labute approximate surface area is 135 Å². The third-order valence-corrected chi connectivity index (χ3v) is 4.63. The van der Waals surface area contributed by atoms with Crippen LogP contribution in [0.1, 0.15) is 23.3 Å². The summed E-state index contributed by atoms with van der Waals surface area (Å²) >= 11 is 0. The topological polar surface area (TPSA) is 77.2 Å². The lowest BCUT2D eigenvalue weighted by Crippen LogP contribution is -2.62. The number of rotatable bonds is 3.